The molecule has 0 aliphatic carbocycles. The van der Waals surface area contributed by atoms with Gasteiger partial charge >= 0.3 is 0 Å². The van der Waals surface area contributed by atoms with Crippen LogP contribution in [0, 0.1) is 10.1 Å². The van der Waals surface area contributed by atoms with Gasteiger partial charge in [-0.3, -0.25) is 14.9 Å². The van der Waals surface area contributed by atoms with Crippen molar-refractivity contribution in [3.05, 3.63) is 21.8 Å². The van der Waals surface area contributed by atoms with Crippen LogP contribution in [0.1, 0.15) is 46.5 Å². The van der Waals surface area contributed by atoms with Gasteiger partial charge in [0.15, 0.2) is 5.78 Å². The molecule has 0 rings (SSSR count). The molecule has 0 aromatic carbocycles. The van der Waals surface area contributed by atoms with Gasteiger partial charge in [-0.1, -0.05) is 26.3 Å². The molecule has 0 aromatic heterocycles. The van der Waals surface area contributed by atoms with Crippen molar-refractivity contribution in [2.24, 2.45) is 0 Å². The number of Topliss-reactive ketones (excluding diaryl/α,β-unsaturated/α-hetero) is 1. The zero-order chi connectivity index (χ0) is 11.8. The summed E-state index contributed by atoms with van der Waals surface area (Å²) < 4.78 is 0. The van der Waals surface area contributed by atoms with Gasteiger partial charge in [-0.25, -0.2) is 0 Å². The van der Waals surface area contributed by atoms with E-state index in [4.69, 9.17) is 0 Å². The van der Waals surface area contributed by atoms with Crippen LogP contribution in [0.5, 0.6) is 0 Å². The summed E-state index contributed by atoms with van der Waals surface area (Å²) in [4.78, 5) is 21.6. The summed E-state index contributed by atoms with van der Waals surface area (Å²) in [6, 6.07) is -0.677. The first kappa shape index (κ1) is 13.8. The molecule has 86 valence electrons. The van der Waals surface area contributed by atoms with E-state index in [9.17, 15) is 14.9 Å². The molecule has 0 amide bonds. The van der Waals surface area contributed by atoms with Gasteiger partial charge in [0, 0.05) is 24.7 Å². The maximum atomic E-state index is 11.5. The van der Waals surface area contributed by atoms with Crippen LogP contribution in [0.25, 0.3) is 0 Å². The highest BCUT2D eigenvalue weighted by Gasteiger charge is 2.18. The van der Waals surface area contributed by atoms with Crippen LogP contribution in [0.4, 0.5) is 0 Å². The molecular weight excluding hydrogens is 194 g/mol. The summed E-state index contributed by atoms with van der Waals surface area (Å²) in [6.07, 6.45) is 4.27. The summed E-state index contributed by atoms with van der Waals surface area (Å²) in [7, 11) is 0. The van der Waals surface area contributed by atoms with E-state index in [1.807, 2.05) is 13.0 Å². The molecule has 0 fully saturated rings. The van der Waals surface area contributed by atoms with Gasteiger partial charge < -0.3 is 0 Å². The fraction of sp³-hybridized carbons (Fsp3) is 0.727. The van der Waals surface area contributed by atoms with Gasteiger partial charge in [0.25, 0.3) is 0 Å². The Morgan fingerprint density at radius 1 is 1.47 bits per heavy atom. The summed E-state index contributed by atoms with van der Waals surface area (Å²) in [6.45, 7) is 5.32. The van der Waals surface area contributed by atoms with Crippen molar-refractivity contribution in [3.63, 3.8) is 0 Å². The van der Waals surface area contributed by atoms with Gasteiger partial charge in [0.2, 0.25) is 6.04 Å². The fourth-order valence-corrected chi connectivity index (χ4v) is 1.25. The molecule has 0 heterocycles. The molecule has 0 spiro atoms. The second-order valence-electron chi connectivity index (χ2n) is 3.63. The molecule has 1 unspecified atom stereocenters. The molecule has 0 aliphatic heterocycles. The lowest BCUT2D eigenvalue weighted by atomic mass is 10.0. The van der Waals surface area contributed by atoms with Crippen LogP contribution in [0.2, 0.25) is 0 Å². The number of nitro groups is 1. The number of nitrogens with zero attached hydrogens (tertiary/aromatic N) is 1. The molecule has 0 aromatic rings. The lowest BCUT2D eigenvalue weighted by Gasteiger charge is -2.06. The van der Waals surface area contributed by atoms with E-state index in [2.05, 4.69) is 0 Å². The Morgan fingerprint density at radius 2 is 2.07 bits per heavy atom. The SMILES string of the molecule is CCC/C=C(\CC(C)[N+](=O)[O-])C(=O)CC. The molecule has 1 atom stereocenters. The van der Waals surface area contributed by atoms with E-state index in [1.54, 1.807) is 6.92 Å². The number of rotatable bonds is 7. The highest BCUT2D eigenvalue weighted by molar-refractivity contribution is 5.95. The van der Waals surface area contributed by atoms with Crippen molar-refractivity contribution in [3.8, 4) is 0 Å². The average Bonchev–Trinajstić information content (AvgIpc) is 2.22. The normalized spacial score (nSPS) is 13.7. The standard InChI is InChI=1S/C11H19NO3/c1-4-6-7-10(11(13)5-2)8-9(3)12(14)15/h7,9H,4-6,8H2,1-3H3/b10-7+. The third-order valence-electron chi connectivity index (χ3n) is 2.23. The number of carbonyl (C=O) groups is 1. The second-order valence-corrected chi connectivity index (χ2v) is 3.63. The van der Waals surface area contributed by atoms with E-state index in [-0.39, 0.29) is 17.1 Å². The Balaban J connectivity index is 4.51. The van der Waals surface area contributed by atoms with Gasteiger partial charge in [0.05, 0.1) is 0 Å². The maximum absolute atomic E-state index is 11.5. The smallest absolute Gasteiger partial charge is 0.214 e. The molecule has 15 heavy (non-hydrogen) atoms. The minimum absolute atomic E-state index is 0.0251. The Hall–Kier alpha value is -1.19. The molecule has 0 aliphatic rings. The number of unbranched alkanes of at least 4 members (excludes halogenated alkanes) is 1. The van der Waals surface area contributed by atoms with Crippen LogP contribution >= 0.6 is 0 Å². The molecule has 4 nitrogen and oxygen atoms in total. The number of hydrogen-bond donors (Lipinski definition) is 0. The quantitative estimate of drug-likeness (QED) is 0.371. The van der Waals surface area contributed by atoms with Gasteiger partial charge in [-0.15, -0.1) is 0 Å². The first-order valence-corrected chi connectivity index (χ1v) is 5.38. The predicted octanol–water partition coefficient (Wildman–Crippen LogP) is 2.75. The van der Waals surface area contributed by atoms with Gasteiger partial charge in [-0.2, -0.15) is 0 Å². The highest BCUT2D eigenvalue weighted by Crippen LogP contribution is 2.12. The molecular formula is C11H19NO3. The van der Waals surface area contributed by atoms with Crippen molar-refractivity contribution in [2.45, 2.75) is 52.5 Å². The highest BCUT2D eigenvalue weighted by atomic mass is 16.6. The molecule has 0 radical (unpaired) electrons. The Kier molecular flexibility index (Phi) is 6.58. The summed E-state index contributed by atoms with van der Waals surface area (Å²) in [5.74, 6) is 0.0251. The minimum Gasteiger partial charge on any atom is -0.295 e. The van der Waals surface area contributed by atoms with E-state index < -0.39 is 6.04 Å². The Morgan fingerprint density at radius 3 is 2.47 bits per heavy atom. The van der Waals surface area contributed by atoms with Crippen molar-refractivity contribution in [1.82, 2.24) is 0 Å². The average molecular weight is 213 g/mol. The number of hydrogen-bond acceptors (Lipinski definition) is 3. The van der Waals surface area contributed by atoms with Gasteiger partial charge in [-0.05, 0) is 12.0 Å². The summed E-state index contributed by atoms with van der Waals surface area (Å²) >= 11 is 0. The number of ketones is 1. The molecule has 0 bridgehead atoms. The lowest BCUT2D eigenvalue weighted by molar-refractivity contribution is -0.517. The van der Waals surface area contributed by atoms with Crippen LogP contribution < -0.4 is 0 Å². The van der Waals surface area contributed by atoms with E-state index in [0.717, 1.165) is 12.8 Å². The molecule has 0 N–H and O–H groups in total. The van der Waals surface area contributed by atoms with Crippen molar-refractivity contribution >= 4 is 5.78 Å². The topological polar surface area (TPSA) is 60.2 Å². The molecule has 0 saturated carbocycles. The largest absolute Gasteiger partial charge is 0.295 e. The third-order valence-corrected chi connectivity index (χ3v) is 2.23. The van der Waals surface area contributed by atoms with E-state index in [0.29, 0.717) is 12.0 Å². The van der Waals surface area contributed by atoms with E-state index >= 15 is 0 Å². The van der Waals surface area contributed by atoms with Crippen molar-refractivity contribution in [1.29, 1.82) is 0 Å². The summed E-state index contributed by atoms with van der Waals surface area (Å²) in [5.41, 5.74) is 0.614. The third kappa shape index (κ3) is 5.30. The monoisotopic (exact) mass is 213 g/mol. The zero-order valence-electron chi connectivity index (χ0n) is 9.66. The van der Waals surface area contributed by atoms with Crippen molar-refractivity contribution in [2.75, 3.05) is 0 Å². The lowest BCUT2D eigenvalue weighted by Crippen LogP contribution is -2.18. The molecule has 0 saturated heterocycles. The zero-order valence-corrected chi connectivity index (χ0v) is 9.66. The second kappa shape index (κ2) is 7.15. The fourth-order valence-electron chi connectivity index (χ4n) is 1.25. The first-order chi connectivity index (χ1) is 7.02. The number of allylic oxidation sites excluding steroid dienone is 1. The minimum atomic E-state index is -0.677. The van der Waals surface area contributed by atoms with Crippen LogP contribution in [0.3, 0.4) is 0 Å². The van der Waals surface area contributed by atoms with Crippen molar-refractivity contribution < 1.29 is 9.72 Å². The molecule has 4 heteroatoms. The van der Waals surface area contributed by atoms with Gasteiger partial charge in [0.1, 0.15) is 0 Å². The Bertz CT molecular complexity index is 259. The van der Waals surface area contributed by atoms with Crippen LogP contribution in [-0.4, -0.2) is 16.7 Å². The Labute approximate surface area is 90.5 Å². The van der Waals surface area contributed by atoms with Crippen LogP contribution in [-0.2, 0) is 4.79 Å². The maximum Gasteiger partial charge on any atom is 0.214 e. The van der Waals surface area contributed by atoms with Crippen LogP contribution in [0.15, 0.2) is 11.6 Å². The summed E-state index contributed by atoms with van der Waals surface area (Å²) in [5, 5.41) is 10.5. The predicted molar refractivity (Wildman–Crippen MR) is 59.4 cm³/mol. The number of carbonyl (C=O) groups excluding carboxylic acids is 1. The van der Waals surface area contributed by atoms with E-state index in [1.165, 1.54) is 6.92 Å². The first-order valence-electron chi connectivity index (χ1n) is 5.38.